The van der Waals surface area contributed by atoms with Crippen molar-refractivity contribution in [1.82, 2.24) is 25.4 Å². The zero-order chi connectivity index (χ0) is 42.2. The summed E-state index contributed by atoms with van der Waals surface area (Å²) in [7, 11) is 1.96. The van der Waals surface area contributed by atoms with Crippen molar-refractivity contribution in [2.45, 2.75) is 115 Å². The van der Waals surface area contributed by atoms with Crippen LogP contribution in [0.3, 0.4) is 0 Å². The highest BCUT2D eigenvalue weighted by Crippen LogP contribution is 2.36. The number of aliphatic carboxylic acids is 1. The second-order valence-electron chi connectivity index (χ2n) is 16.7. The van der Waals surface area contributed by atoms with E-state index in [1.54, 1.807) is 5.38 Å². The quantitative estimate of drug-likeness (QED) is 0.0926. The van der Waals surface area contributed by atoms with Gasteiger partial charge in [0.15, 0.2) is 0 Å². The summed E-state index contributed by atoms with van der Waals surface area (Å²) in [5.41, 5.74) is 4.68. The van der Waals surface area contributed by atoms with Crippen molar-refractivity contribution in [3.8, 4) is 11.1 Å². The Morgan fingerprint density at radius 1 is 0.966 bits per heavy atom. The fraction of sp³-hybridized carbons (Fsp3) is 0.468. The number of hydrogen-bond donors (Lipinski definition) is 4. The van der Waals surface area contributed by atoms with Gasteiger partial charge >= 0.3 is 5.97 Å². The van der Waals surface area contributed by atoms with E-state index >= 15 is 0 Å². The number of thiazole rings is 1. The number of likely N-dealkylation sites (N-methyl/N-ethyl adjacent to an activating group) is 1. The van der Waals surface area contributed by atoms with Crippen molar-refractivity contribution in [3.63, 3.8) is 0 Å². The van der Waals surface area contributed by atoms with Gasteiger partial charge in [0, 0.05) is 30.4 Å². The zero-order valence-corrected chi connectivity index (χ0v) is 35.7. The summed E-state index contributed by atoms with van der Waals surface area (Å²) in [5.74, 6) is -2.68. The van der Waals surface area contributed by atoms with Crippen molar-refractivity contribution in [1.29, 1.82) is 0 Å². The average molecular weight is 822 g/mol. The molecule has 314 valence electrons. The first kappa shape index (κ1) is 43.7. The molecule has 4 N–H and O–H groups in total. The maximum atomic E-state index is 14.8. The number of carbonyl (C=O) groups is 4. The number of amides is 3. The lowest BCUT2D eigenvalue weighted by Crippen LogP contribution is -2.58. The first-order chi connectivity index (χ1) is 28.3. The van der Waals surface area contributed by atoms with E-state index in [2.05, 4.69) is 20.5 Å². The molecule has 59 heavy (non-hydrogen) atoms. The molecule has 1 saturated heterocycles. The molecule has 3 amide bonds. The summed E-state index contributed by atoms with van der Waals surface area (Å²) in [6.07, 6.45) is 3.26. The summed E-state index contributed by atoms with van der Waals surface area (Å²) in [5, 5.41) is 30.1. The van der Waals surface area contributed by atoms with Gasteiger partial charge in [-0.1, -0.05) is 119 Å². The number of likely N-dealkylation sites (tertiary alicyclic amines) is 1. The van der Waals surface area contributed by atoms with E-state index in [9.17, 15) is 29.4 Å². The average Bonchev–Trinajstić information content (AvgIpc) is 3.75. The molecule has 2 aliphatic rings. The number of nitrogens with one attached hydrogen (secondary N) is 2. The first-order valence-electron chi connectivity index (χ1n) is 21.0. The Kier molecular flexibility index (Phi) is 14.7. The van der Waals surface area contributed by atoms with Crippen LogP contribution in [0.2, 0.25) is 0 Å². The summed E-state index contributed by atoms with van der Waals surface area (Å²) in [6.45, 7) is 9.18. The van der Waals surface area contributed by atoms with Gasteiger partial charge in [0.2, 0.25) is 11.8 Å². The van der Waals surface area contributed by atoms with Gasteiger partial charge in [0.25, 0.3) is 5.91 Å². The predicted octanol–water partition coefficient (Wildman–Crippen LogP) is 7.22. The van der Waals surface area contributed by atoms with Gasteiger partial charge in [-0.15, -0.1) is 11.3 Å². The number of nitrogens with zero attached hydrogens (tertiary/aromatic N) is 3. The maximum Gasteiger partial charge on any atom is 0.311 e. The molecule has 11 nitrogen and oxygen atoms in total. The predicted molar refractivity (Wildman–Crippen MR) is 231 cm³/mol. The second-order valence-corrected chi connectivity index (χ2v) is 17.6. The fourth-order valence-electron chi connectivity index (χ4n) is 8.57. The van der Waals surface area contributed by atoms with Crippen molar-refractivity contribution >= 4 is 35.0 Å². The van der Waals surface area contributed by atoms with Gasteiger partial charge in [0.1, 0.15) is 22.8 Å². The largest absolute Gasteiger partial charge is 0.481 e. The molecule has 6 rings (SSSR count). The van der Waals surface area contributed by atoms with Crippen molar-refractivity contribution < 1.29 is 29.4 Å². The van der Waals surface area contributed by atoms with Crippen LogP contribution in [0.4, 0.5) is 0 Å². The normalized spacial score (nSPS) is 20.2. The zero-order valence-electron chi connectivity index (χ0n) is 34.8. The SMILES string of the molecule is CCC(C)C(NC(=O)C1CCCCN1C)C(=O)N(Cc1ccccc1)[C@H](C[C@@H](O)c1nc(C(=O)N[C@H]2Cc3ccc(-c4ccccc4)cc3[C@H](C(=O)O)C2)cs1)C(C)C. The summed E-state index contributed by atoms with van der Waals surface area (Å²) >= 11 is 1.18. The number of aromatic nitrogens is 1. The molecule has 0 saturated carbocycles. The molecule has 3 unspecified atom stereocenters. The molecule has 4 aromatic rings. The molecule has 0 spiro atoms. The number of piperidine rings is 1. The molecule has 7 atom stereocenters. The van der Waals surface area contributed by atoms with Crippen LogP contribution < -0.4 is 10.6 Å². The van der Waals surface area contributed by atoms with Gasteiger partial charge in [0.05, 0.1) is 12.0 Å². The Balaban J connectivity index is 1.18. The van der Waals surface area contributed by atoms with E-state index in [-0.39, 0.29) is 48.2 Å². The van der Waals surface area contributed by atoms with Crippen molar-refractivity contribution in [2.75, 3.05) is 13.6 Å². The van der Waals surface area contributed by atoms with E-state index in [1.165, 1.54) is 11.3 Å². The van der Waals surface area contributed by atoms with E-state index in [1.807, 2.05) is 119 Å². The number of carboxylic acid groups (broad SMARTS) is 1. The lowest BCUT2D eigenvalue weighted by atomic mass is 9.79. The minimum atomic E-state index is -1.08. The molecule has 0 radical (unpaired) electrons. The molecular formula is C47H59N5O6S. The van der Waals surface area contributed by atoms with Crippen LogP contribution in [-0.2, 0) is 27.3 Å². The number of fused-ring (bicyclic) bond motifs is 1. The van der Waals surface area contributed by atoms with E-state index in [0.717, 1.165) is 53.6 Å². The minimum absolute atomic E-state index is 0.0714. The molecular weight excluding hydrogens is 763 g/mol. The lowest BCUT2D eigenvalue weighted by molar-refractivity contribution is -0.143. The second kappa shape index (κ2) is 19.9. The van der Waals surface area contributed by atoms with E-state index in [0.29, 0.717) is 24.4 Å². The van der Waals surface area contributed by atoms with Crippen LogP contribution in [0.15, 0.2) is 84.2 Å². The topological polar surface area (TPSA) is 152 Å². The van der Waals surface area contributed by atoms with Gasteiger partial charge in [-0.3, -0.25) is 24.1 Å². The van der Waals surface area contributed by atoms with E-state index < -0.39 is 42.0 Å². The van der Waals surface area contributed by atoms with Gasteiger partial charge < -0.3 is 25.7 Å². The number of carboxylic acids is 1. The van der Waals surface area contributed by atoms with E-state index in [4.69, 9.17) is 0 Å². The molecule has 0 bridgehead atoms. The molecule has 12 heteroatoms. The Morgan fingerprint density at radius 2 is 1.68 bits per heavy atom. The third-order valence-corrected chi connectivity index (χ3v) is 13.2. The highest BCUT2D eigenvalue weighted by molar-refractivity contribution is 7.09. The number of rotatable bonds is 16. The van der Waals surface area contributed by atoms with Crippen molar-refractivity contribution in [2.24, 2.45) is 11.8 Å². The summed E-state index contributed by atoms with van der Waals surface area (Å²) < 4.78 is 0. The van der Waals surface area contributed by atoms with Crippen LogP contribution in [0.25, 0.3) is 11.1 Å². The third kappa shape index (κ3) is 10.6. The number of aliphatic hydroxyl groups excluding tert-OH is 1. The Labute approximate surface area is 352 Å². The van der Waals surface area contributed by atoms with Crippen LogP contribution in [0, 0.1) is 11.8 Å². The minimum Gasteiger partial charge on any atom is -0.481 e. The smallest absolute Gasteiger partial charge is 0.311 e. The number of hydrogen-bond acceptors (Lipinski definition) is 8. The van der Waals surface area contributed by atoms with Crippen LogP contribution in [0.1, 0.15) is 110 Å². The summed E-state index contributed by atoms with van der Waals surface area (Å²) in [4.78, 5) is 63.1. The van der Waals surface area contributed by atoms with Crippen LogP contribution in [0.5, 0.6) is 0 Å². The third-order valence-electron chi connectivity index (χ3n) is 12.3. The Hall–Kier alpha value is -4.91. The Morgan fingerprint density at radius 3 is 2.34 bits per heavy atom. The van der Waals surface area contributed by atoms with Crippen LogP contribution >= 0.6 is 11.3 Å². The van der Waals surface area contributed by atoms with Gasteiger partial charge in [-0.05, 0) is 78.9 Å². The molecule has 1 aromatic heterocycles. The lowest BCUT2D eigenvalue weighted by Gasteiger charge is -2.40. The van der Waals surface area contributed by atoms with Crippen LogP contribution in [-0.4, -0.2) is 86.4 Å². The number of benzene rings is 3. The molecule has 3 aromatic carbocycles. The van der Waals surface area contributed by atoms with Gasteiger partial charge in [-0.25, -0.2) is 4.98 Å². The molecule has 1 aliphatic carbocycles. The van der Waals surface area contributed by atoms with Crippen molar-refractivity contribution in [3.05, 3.63) is 112 Å². The highest BCUT2D eigenvalue weighted by Gasteiger charge is 2.38. The maximum absolute atomic E-state index is 14.8. The standard InChI is InChI=1S/C47H59N5O6S/c1-6-30(4)42(50-44(55)39-19-13-14-22-51(39)5)46(56)52(27-31-15-9-7-10-16-31)40(29(2)3)26-41(53)45-49-38(28-59-45)43(54)48-35-23-34-21-20-33(32-17-11-8-12-18-32)24-36(34)37(25-35)47(57)58/h7-12,15-18,20-21,24,28-30,35,37,39-42,53H,6,13-14,19,22-23,25-27H2,1-5H3,(H,48,54)(H,50,55)(H,57,58)/t30?,35-,37+,39?,40+,41+,42?/m0/s1. The Bertz CT molecular complexity index is 2060. The van der Waals surface area contributed by atoms with Gasteiger partial charge in [-0.2, -0.15) is 0 Å². The first-order valence-corrected chi connectivity index (χ1v) is 21.9. The number of aliphatic hydroxyl groups is 1. The molecule has 1 aliphatic heterocycles. The highest BCUT2D eigenvalue weighted by atomic mass is 32.1. The fourth-order valence-corrected chi connectivity index (χ4v) is 9.37. The summed E-state index contributed by atoms with van der Waals surface area (Å²) in [6, 6.07) is 23.6. The molecule has 1 fully saturated rings. The number of carbonyl (C=O) groups excluding carboxylic acids is 3. The molecule has 2 heterocycles. The monoisotopic (exact) mass is 821 g/mol.